The third-order valence-corrected chi connectivity index (χ3v) is 4.68. The topological polar surface area (TPSA) is 87.2 Å². The van der Waals surface area contributed by atoms with E-state index >= 15 is 0 Å². The molecule has 1 N–H and O–H groups in total. The van der Waals surface area contributed by atoms with Gasteiger partial charge in [0.15, 0.2) is 0 Å². The van der Waals surface area contributed by atoms with Crippen LogP contribution in [-0.4, -0.2) is 80.9 Å². The molecule has 0 aromatic heterocycles. The molecule has 1 aliphatic heterocycles. The van der Waals surface area contributed by atoms with Gasteiger partial charge in [-0.15, -0.1) is 0 Å². The van der Waals surface area contributed by atoms with E-state index in [-0.39, 0.29) is 18.9 Å². The van der Waals surface area contributed by atoms with Crippen molar-refractivity contribution in [1.82, 2.24) is 9.21 Å². The predicted octanol–water partition coefficient (Wildman–Crippen LogP) is -0.945. The highest BCUT2D eigenvalue weighted by atomic mass is 32.2. The van der Waals surface area contributed by atoms with Crippen LogP contribution in [0.15, 0.2) is 0 Å². The summed E-state index contributed by atoms with van der Waals surface area (Å²) < 4.78 is 30.1. The Morgan fingerprint density at radius 1 is 1.28 bits per heavy atom. The first-order valence-electron chi connectivity index (χ1n) is 5.86. The van der Waals surface area contributed by atoms with Crippen LogP contribution >= 0.6 is 0 Å². The molecule has 0 bridgehead atoms. The summed E-state index contributed by atoms with van der Waals surface area (Å²) in [7, 11) is -1.82. The molecule has 0 saturated carbocycles. The van der Waals surface area contributed by atoms with Crippen LogP contribution in [0.25, 0.3) is 0 Å². The number of carboxylic acids is 1. The van der Waals surface area contributed by atoms with Crippen molar-refractivity contribution in [2.45, 2.75) is 6.42 Å². The molecule has 0 radical (unpaired) electrons. The lowest BCUT2D eigenvalue weighted by atomic mass is 10.4. The minimum absolute atomic E-state index is 0.0254. The van der Waals surface area contributed by atoms with Gasteiger partial charge in [0.1, 0.15) is 0 Å². The lowest BCUT2D eigenvalue weighted by Crippen LogP contribution is -2.38. The number of carbonyl (C=O) groups is 1. The highest BCUT2D eigenvalue weighted by Gasteiger charge is 2.25. The minimum Gasteiger partial charge on any atom is -0.480 e. The number of ether oxygens (including phenoxy) is 1. The first-order valence-corrected chi connectivity index (χ1v) is 7.47. The lowest BCUT2D eigenvalue weighted by Gasteiger charge is -2.20. The second-order valence-corrected chi connectivity index (χ2v) is 6.32. The van der Waals surface area contributed by atoms with Crippen molar-refractivity contribution >= 4 is 16.0 Å². The smallest absolute Gasteiger partial charge is 0.317 e. The van der Waals surface area contributed by atoms with E-state index in [1.54, 1.807) is 4.90 Å². The molecular weight excluding hydrogens is 260 g/mol. The maximum absolute atomic E-state index is 11.9. The van der Waals surface area contributed by atoms with Crippen molar-refractivity contribution in [3.63, 3.8) is 0 Å². The number of aliphatic carboxylic acids is 1. The third kappa shape index (κ3) is 4.89. The molecule has 1 rings (SSSR count). The SMILES string of the molecule is COCCS(=O)(=O)N1CCCN(CC(=O)O)CC1. The van der Waals surface area contributed by atoms with Crippen molar-refractivity contribution in [3.05, 3.63) is 0 Å². The quantitative estimate of drug-likeness (QED) is 0.675. The molecule has 106 valence electrons. The largest absolute Gasteiger partial charge is 0.480 e. The summed E-state index contributed by atoms with van der Waals surface area (Å²) in [6.07, 6.45) is 0.652. The van der Waals surface area contributed by atoms with Crippen LogP contribution in [0.3, 0.4) is 0 Å². The summed E-state index contributed by atoms with van der Waals surface area (Å²) in [5, 5.41) is 8.71. The van der Waals surface area contributed by atoms with Gasteiger partial charge in [-0.2, -0.15) is 0 Å². The molecule has 0 aromatic carbocycles. The van der Waals surface area contributed by atoms with Crippen LogP contribution in [-0.2, 0) is 19.6 Å². The van der Waals surface area contributed by atoms with Gasteiger partial charge < -0.3 is 9.84 Å². The fraction of sp³-hybridized carbons (Fsp3) is 0.900. The van der Waals surface area contributed by atoms with Crippen molar-refractivity contribution in [1.29, 1.82) is 0 Å². The Morgan fingerprint density at radius 3 is 2.61 bits per heavy atom. The average Bonchev–Trinajstić information content (AvgIpc) is 2.52. The Hall–Kier alpha value is -0.700. The number of rotatable bonds is 6. The second-order valence-electron chi connectivity index (χ2n) is 4.23. The predicted molar refractivity (Wildman–Crippen MR) is 65.9 cm³/mol. The third-order valence-electron chi connectivity index (χ3n) is 2.85. The maximum Gasteiger partial charge on any atom is 0.317 e. The molecule has 18 heavy (non-hydrogen) atoms. The lowest BCUT2D eigenvalue weighted by molar-refractivity contribution is -0.138. The molecule has 1 saturated heterocycles. The Bertz CT molecular complexity index is 370. The molecule has 0 spiro atoms. The number of methoxy groups -OCH3 is 1. The van der Waals surface area contributed by atoms with Crippen LogP contribution in [0.5, 0.6) is 0 Å². The van der Waals surface area contributed by atoms with Crippen molar-refractivity contribution in [2.24, 2.45) is 0 Å². The first kappa shape index (κ1) is 15.4. The molecule has 0 atom stereocenters. The molecule has 1 heterocycles. The van der Waals surface area contributed by atoms with E-state index in [0.717, 1.165) is 0 Å². The summed E-state index contributed by atoms with van der Waals surface area (Å²) in [6, 6.07) is 0. The van der Waals surface area contributed by atoms with Gasteiger partial charge in [0.2, 0.25) is 10.0 Å². The van der Waals surface area contributed by atoms with Gasteiger partial charge in [-0.3, -0.25) is 9.69 Å². The monoisotopic (exact) mass is 280 g/mol. The molecule has 8 heteroatoms. The summed E-state index contributed by atoms with van der Waals surface area (Å²) in [5.74, 6) is -0.909. The Balaban J connectivity index is 2.53. The van der Waals surface area contributed by atoms with Gasteiger partial charge in [0, 0.05) is 33.3 Å². The highest BCUT2D eigenvalue weighted by Crippen LogP contribution is 2.08. The summed E-state index contributed by atoms with van der Waals surface area (Å²) in [6.45, 7) is 2.01. The van der Waals surface area contributed by atoms with Crippen molar-refractivity contribution in [3.8, 4) is 0 Å². The zero-order chi connectivity index (χ0) is 13.6. The van der Waals surface area contributed by atoms with Crippen LogP contribution in [0.2, 0.25) is 0 Å². The van der Waals surface area contributed by atoms with Crippen LogP contribution in [0.1, 0.15) is 6.42 Å². The van der Waals surface area contributed by atoms with E-state index in [1.807, 2.05) is 0 Å². The van der Waals surface area contributed by atoms with E-state index in [4.69, 9.17) is 9.84 Å². The summed E-state index contributed by atoms with van der Waals surface area (Å²) >= 11 is 0. The fourth-order valence-corrected chi connectivity index (χ4v) is 3.30. The molecule has 1 fully saturated rings. The maximum atomic E-state index is 11.9. The molecular formula is C10H20N2O5S. The van der Waals surface area contributed by atoms with Gasteiger partial charge in [-0.25, -0.2) is 12.7 Å². The van der Waals surface area contributed by atoms with Gasteiger partial charge >= 0.3 is 5.97 Å². The number of sulfonamides is 1. The average molecular weight is 280 g/mol. The van der Waals surface area contributed by atoms with E-state index in [9.17, 15) is 13.2 Å². The molecule has 0 unspecified atom stereocenters. The van der Waals surface area contributed by atoms with Gasteiger partial charge in [0.25, 0.3) is 0 Å². The van der Waals surface area contributed by atoms with Gasteiger partial charge in [0.05, 0.1) is 18.9 Å². The van der Waals surface area contributed by atoms with E-state index in [0.29, 0.717) is 32.6 Å². The first-order chi connectivity index (χ1) is 8.45. The Labute approximate surface area is 107 Å². The van der Waals surface area contributed by atoms with E-state index < -0.39 is 16.0 Å². The zero-order valence-electron chi connectivity index (χ0n) is 10.5. The Morgan fingerprint density at radius 2 is 2.00 bits per heavy atom. The molecule has 0 amide bonds. The molecule has 1 aliphatic rings. The molecule has 7 nitrogen and oxygen atoms in total. The van der Waals surface area contributed by atoms with E-state index in [2.05, 4.69) is 0 Å². The summed E-state index contributed by atoms with van der Waals surface area (Å²) in [5.41, 5.74) is 0. The number of hydrogen-bond donors (Lipinski definition) is 1. The molecule has 0 aromatic rings. The Kier molecular flexibility index (Phi) is 6.00. The van der Waals surface area contributed by atoms with Gasteiger partial charge in [-0.1, -0.05) is 0 Å². The number of nitrogens with zero attached hydrogens (tertiary/aromatic N) is 2. The van der Waals surface area contributed by atoms with Crippen LogP contribution in [0.4, 0.5) is 0 Å². The number of carboxylic acid groups (broad SMARTS) is 1. The van der Waals surface area contributed by atoms with Crippen molar-refractivity contribution in [2.75, 3.05) is 52.2 Å². The fourth-order valence-electron chi connectivity index (χ4n) is 1.89. The van der Waals surface area contributed by atoms with Crippen LogP contribution in [0, 0.1) is 0 Å². The van der Waals surface area contributed by atoms with Crippen molar-refractivity contribution < 1.29 is 23.1 Å². The van der Waals surface area contributed by atoms with E-state index in [1.165, 1.54) is 11.4 Å². The van der Waals surface area contributed by atoms with Gasteiger partial charge in [-0.05, 0) is 6.42 Å². The standard InChI is InChI=1S/C10H20N2O5S/c1-17-7-8-18(15,16)12-4-2-3-11(5-6-12)9-10(13)14/h2-9H2,1H3,(H,13,14). The normalized spacial score (nSPS) is 19.6. The second kappa shape index (κ2) is 7.03. The molecule has 0 aliphatic carbocycles. The zero-order valence-corrected chi connectivity index (χ0v) is 11.4. The highest BCUT2D eigenvalue weighted by molar-refractivity contribution is 7.89. The number of hydrogen-bond acceptors (Lipinski definition) is 5. The minimum atomic E-state index is -3.29. The van der Waals surface area contributed by atoms with Crippen LogP contribution < -0.4 is 0 Å². The summed E-state index contributed by atoms with van der Waals surface area (Å²) in [4.78, 5) is 12.4.